The number of aliphatic imine (C=N–C) groups is 1. The van der Waals surface area contributed by atoms with Crippen molar-refractivity contribution in [3.8, 4) is 0 Å². The fourth-order valence-electron chi connectivity index (χ4n) is 3.52. The Hall–Kier alpha value is -2.32. The third kappa shape index (κ3) is 4.30. The first kappa shape index (κ1) is 22.9. The van der Waals surface area contributed by atoms with Crippen LogP contribution in [0.5, 0.6) is 0 Å². The number of rotatable bonds is 5. The molecule has 0 aromatic carbocycles. The Morgan fingerprint density at radius 2 is 1.81 bits per heavy atom. The lowest BCUT2D eigenvalue weighted by Crippen LogP contribution is -2.47. The van der Waals surface area contributed by atoms with Gasteiger partial charge in [0.25, 0.3) is 0 Å². The Morgan fingerprint density at radius 3 is 2.41 bits per heavy atom. The van der Waals surface area contributed by atoms with E-state index in [2.05, 4.69) is 19.8 Å². The molecule has 1 aromatic rings. The average molecular weight is 484 g/mol. The lowest BCUT2D eigenvalue weighted by atomic mass is 10.2. The van der Waals surface area contributed by atoms with Crippen LogP contribution in [0.3, 0.4) is 0 Å². The molecule has 0 aliphatic carbocycles. The number of aliphatic hydroxyl groups is 2. The molecule has 2 unspecified atom stereocenters. The SMILES string of the molecule is CC1=C(SCCN2CCN(c3ccccn3)CC2)S2(OC(=O)C(O)C(O)C(=O)O2)C(N)=N1. The number of pyridine rings is 1. The lowest BCUT2D eigenvalue weighted by Gasteiger charge is -2.37. The first-order chi connectivity index (χ1) is 15.3. The molecule has 1 aromatic heterocycles. The summed E-state index contributed by atoms with van der Waals surface area (Å²) in [5.41, 5.74) is 6.47. The zero-order valence-electron chi connectivity index (χ0n) is 17.4. The summed E-state index contributed by atoms with van der Waals surface area (Å²) in [7, 11) is -3.16. The van der Waals surface area contributed by atoms with Gasteiger partial charge in [0, 0.05) is 44.7 Å². The highest BCUT2D eigenvalue weighted by molar-refractivity contribution is 8.48. The zero-order valence-corrected chi connectivity index (χ0v) is 19.0. The zero-order chi connectivity index (χ0) is 22.9. The van der Waals surface area contributed by atoms with Gasteiger partial charge in [0.2, 0.25) is 5.17 Å². The van der Waals surface area contributed by atoms with Gasteiger partial charge < -0.3 is 29.2 Å². The molecule has 13 heteroatoms. The number of carbonyl (C=O) groups is 2. The van der Waals surface area contributed by atoms with Crippen molar-refractivity contribution in [3.05, 3.63) is 34.3 Å². The van der Waals surface area contributed by atoms with Crippen LogP contribution in [-0.2, 0) is 18.0 Å². The van der Waals surface area contributed by atoms with Crippen molar-refractivity contribution < 1.29 is 28.2 Å². The summed E-state index contributed by atoms with van der Waals surface area (Å²) in [5.74, 6) is -0.758. The highest BCUT2D eigenvalue weighted by atomic mass is 32.3. The third-order valence-corrected chi connectivity index (χ3v) is 9.44. The number of allylic oxidation sites excluding steroid dienone is 1. The molecule has 2 atom stereocenters. The Morgan fingerprint density at radius 1 is 1.16 bits per heavy atom. The molecule has 32 heavy (non-hydrogen) atoms. The summed E-state index contributed by atoms with van der Waals surface area (Å²) in [4.78, 5) is 37.5. The second kappa shape index (κ2) is 9.27. The first-order valence-electron chi connectivity index (χ1n) is 10.0. The summed E-state index contributed by atoms with van der Waals surface area (Å²) >= 11 is 1.34. The normalized spacial score (nSPS) is 31.1. The van der Waals surface area contributed by atoms with Crippen molar-refractivity contribution >= 4 is 45.3 Å². The monoisotopic (exact) mass is 483 g/mol. The molecule has 4 N–H and O–H groups in total. The van der Waals surface area contributed by atoms with E-state index in [4.69, 9.17) is 14.1 Å². The molecule has 4 heterocycles. The van der Waals surface area contributed by atoms with Gasteiger partial charge in [0.05, 0.1) is 5.70 Å². The largest absolute Gasteiger partial charge is 0.379 e. The number of aliphatic hydroxyl groups excluding tert-OH is 2. The number of hydrogen-bond donors (Lipinski definition) is 3. The van der Waals surface area contributed by atoms with Crippen LogP contribution in [0.1, 0.15) is 6.92 Å². The summed E-state index contributed by atoms with van der Waals surface area (Å²) in [6, 6.07) is 5.86. The third-order valence-electron chi connectivity index (χ3n) is 5.26. The van der Waals surface area contributed by atoms with Crippen LogP contribution in [-0.4, -0.2) is 87.9 Å². The van der Waals surface area contributed by atoms with Gasteiger partial charge in [0.1, 0.15) is 10.1 Å². The minimum atomic E-state index is -3.16. The summed E-state index contributed by atoms with van der Waals surface area (Å²) < 4.78 is 11.1. The predicted molar refractivity (Wildman–Crippen MR) is 121 cm³/mol. The van der Waals surface area contributed by atoms with Gasteiger partial charge in [-0.1, -0.05) is 6.07 Å². The molecular weight excluding hydrogens is 458 g/mol. The van der Waals surface area contributed by atoms with Gasteiger partial charge in [-0.2, -0.15) is 0 Å². The predicted octanol–water partition coefficient (Wildman–Crippen LogP) is -0.0895. The molecule has 0 saturated carbocycles. The lowest BCUT2D eigenvalue weighted by molar-refractivity contribution is -0.156. The van der Waals surface area contributed by atoms with Crippen LogP contribution in [0.4, 0.5) is 5.82 Å². The summed E-state index contributed by atoms with van der Waals surface area (Å²) in [6.07, 6.45) is -2.29. The van der Waals surface area contributed by atoms with Crippen LogP contribution in [0.2, 0.25) is 0 Å². The summed E-state index contributed by atoms with van der Waals surface area (Å²) in [5, 5.41) is 19.4. The maximum absolute atomic E-state index is 12.2. The molecule has 3 aliphatic rings. The van der Waals surface area contributed by atoms with Crippen molar-refractivity contribution in [3.63, 3.8) is 0 Å². The highest BCUT2D eigenvalue weighted by Gasteiger charge is 2.50. The molecular formula is C19H25N5O6S2. The van der Waals surface area contributed by atoms with Crippen LogP contribution in [0.15, 0.2) is 39.3 Å². The number of aromatic nitrogens is 1. The van der Waals surface area contributed by atoms with E-state index in [1.54, 1.807) is 13.1 Å². The molecule has 2 saturated heterocycles. The Bertz CT molecular complexity index is 929. The van der Waals surface area contributed by atoms with Gasteiger partial charge >= 0.3 is 11.9 Å². The van der Waals surface area contributed by atoms with E-state index in [-0.39, 0.29) is 5.17 Å². The number of anilines is 1. The van der Waals surface area contributed by atoms with Crippen molar-refractivity contribution in [2.75, 3.05) is 43.4 Å². The Labute approximate surface area is 191 Å². The van der Waals surface area contributed by atoms with Crippen molar-refractivity contribution in [1.82, 2.24) is 9.88 Å². The Balaban J connectivity index is 1.37. The molecule has 0 amide bonds. The smallest absolute Gasteiger partial charge is 0.361 e. The van der Waals surface area contributed by atoms with Gasteiger partial charge in [-0.3, -0.25) is 4.90 Å². The quantitative estimate of drug-likeness (QED) is 0.515. The topological polar surface area (TPSA) is 151 Å². The van der Waals surface area contributed by atoms with E-state index in [0.29, 0.717) is 15.7 Å². The fourth-order valence-corrected chi connectivity index (χ4v) is 7.53. The Kier molecular flexibility index (Phi) is 6.62. The van der Waals surface area contributed by atoms with Crippen molar-refractivity contribution in [2.45, 2.75) is 19.1 Å². The van der Waals surface area contributed by atoms with E-state index in [1.165, 1.54) is 11.8 Å². The minimum absolute atomic E-state index is 0.149. The molecule has 174 valence electrons. The van der Waals surface area contributed by atoms with E-state index >= 15 is 0 Å². The molecule has 1 spiro atoms. The van der Waals surface area contributed by atoms with Crippen LogP contribution in [0.25, 0.3) is 0 Å². The maximum atomic E-state index is 12.2. The van der Waals surface area contributed by atoms with Gasteiger partial charge in [0.15, 0.2) is 12.2 Å². The summed E-state index contributed by atoms with van der Waals surface area (Å²) in [6.45, 7) is 5.89. The van der Waals surface area contributed by atoms with Crippen molar-refractivity contribution in [1.29, 1.82) is 0 Å². The van der Waals surface area contributed by atoms with E-state index in [1.807, 2.05) is 18.2 Å². The number of carbonyl (C=O) groups excluding carboxylic acids is 2. The number of piperazine rings is 1. The number of thioether (sulfide) groups is 1. The molecule has 2 fully saturated rings. The standard InChI is InChI=1S/C19H25N5O6S2/c1-12-18(32(19(20)22-12)29-16(27)14(25)15(26)17(28)30-32)31-11-10-23-6-8-24(9-7-23)13-4-2-3-5-21-13/h2-5,14-15,25-26H,6-11H2,1H3,(H2,20,22). The van der Waals surface area contributed by atoms with E-state index in [0.717, 1.165) is 38.5 Å². The van der Waals surface area contributed by atoms with Gasteiger partial charge in [-0.25, -0.2) is 19.6 Å². The molecule has 0 radical (unpaired) electrons. The van der Waals surface area contributed by atoms with Crippen LogP contribution in [0, 0.1) is 0 Å². The van der Waals surface area contributed by atoms with E-state index < -0.39 is 34.7 Å². The first-order valence-corrected chi connectivity index (χ1v) is 12.5. The van der Waals surface area contributed by atoms with Crippen LogP contribution >= 0.6 is 22.4 Å². The fraction of sp³-hybridized carbons (Fsp3) is 0.474. The highest BCUT2D eigenvalue weighted by Crippen LogP contribution is 2.66. The number of hydrogen-bond acceptors (Lipinski definition) is 12. The average Bonchev–Trinajstić information content (AvgIpc) is 2.97. The number of nitrogens with two attached hydrogens (primary N) is 1. The van der Waals surface area contributed by atoms with E-state index in [9.17, 15) is 19.8 Å². The molecule has 11 nitrogen and oxygen atoms in total. The number of nitrogens with zero attached hydrogens (tertiary/aromatic N) is 4. The van der Waals surface area contributed by atoms with Crippen molar-refractivity contribution in [2.24, 2.45) is 10.7 Å². The van der Waals surface area contributed by atoms with Gasteiger partial charge in [-0.05, 0) is 29.6 Å². The second-order valence-corrected chi connectivity index (χ2v) is 10.9. The number of amidine groups is 1. The minimum Gasteiger partial charge on any atom is -0.379 e. The molecule has 4 rings (SSSR count). The maximum Gasteiger partial charge on any atom is 0.361 e. The second-order valence-electron chi connectivity index (χ2n) is 7.39. The van der Waals surface area contributed by atoms with Gasteiger partial charge in [-0.15, -0.1) is 11.8 Å². The molecule has 0 bridgehead atoms. The van der Waals surface area contributed by atoms with Crippen LogP contribution < -0.4 is 10.6 Å². The molecule has 3 aliphatic heterocycles.